The summed E-state index contributed by atoms with van der Waals surface area (Å²) in [4.78, 5) is 4.09. The summed E-state index contributed by atoms with van der Waals surface area (Å²) in [6, 6.07) is 4.32. The molecule has 0 bridgehead atoms. The third kappa shape index (κ3) is 2.97. The summed E-state index contributed by atoms with van der Waals surface area (Å²) in [5.74, 6) is -0.0758. The van der Waals surface area contributed by atoms with Crippen molar-refractivity contribution in [3.63, 3.8) is 0 Å². The van der Waals surface area contributed by atoms with Crippen LogP contribution in [0.2, 0.25) is 0 Å². The second-order valence-electron chi connectivity index (χ2n) is 3.47. The Hall–Kier alpha value is -1.56. The van der Waals surface area contributed by atoms with Crippen molar-refractivity contribution >= 4 is 15.9 Å². The van der Waals surface area contributed by atoms with E-state index in [1.165, 1.54) is 12.1 Å². The third-order valence-electron chi connectivity index (χ3n) is 2.12. The number of rotatable bonds is 2. The first kappa shape index (κ1) is 11.9. The number of aryl methyl sites for hydroxylation is 2. The molecule has 0 saturated carbocycles. The lowest BCUT2D eigenvalue weighted by molar-refractivity contribution is 0.426. The molecule has 0 amide bonds. The highest BCUT2D eigenvalue weighted by Gasteiger charge is 2.06. The molecule has 4 nitrogen and oxygen atoms in total. The fraction of sp³-hybridized carbons (Fsp3) is 0.182. The van der Waals surface area contributed by atoms with Crippen molar-refractivity contribution in [2.75, 3.05) is 0 Å². The van der Waals surface area contributed by atoms with Crippen LogP contribution in [0.5, 0.6) is 11.8 Å². The molecule has 0 saturated heterocycles. The molecule has 2 rings (SSSR count). The van der Waals surface area contributed by atoms with Gasteiger partial charge in [0.25, 0.3) is 0 Å². The van der Waals surface area contributed by atoms with Gasteiger partial charge >= 0.3 is 6.01 Å². The Morgan fingerprint density at radius 3 is 2.53 bits per heavy atom. The van der Waals surface area contributed by atoms with Crippen molar-refractivity contribution in [3.8, 4) is 11.8 Å². The van der Waals surface area contributed by atoms with Crippen molar-refractivity contribution in [1.29, 1.82) is 0 Å². The summed E-state index contributed by atoms with van der Waals surface area (Å²) in [5.41, 5.74) is 1.46. The maximum Gasteiger partial charge on any atom is 0.341 e. The standard InChI is InChI=1S/C11H9BrFN3O/c1-6-7(2)15-16-11(14-6)17-10-4-8(12)3-9(13)5-10/h3-5H,1-2H3. The molecule has 1 aromatic heterocycles. The van der Waals surface area contributed by atoms with E-state index in [0.717, 1.165) is 11.4 Å². The maximum absolute atomic E-state index is 13.1. The van der Waals surface area contributed by atoms with Crippen LogP contribution in [0, 0.1) is 19.7 Å². The average Bonchev–Trinajstić information content (AvgIpc) is 2.22. The maximum atomic E-state index is 13.1. The van der Waals surface area contributed by atoms with Gasteiger partial charge in [0, 0.05) is 10.5 Å². The number of halogens is 2. The first-order valence-electron chi connectivity index (χ1n) is 4.86. The van der Waals surface area contributed by atoms with Crippen molar-refractivity contribution in [1.82, 2.24) is 15.2 Å². The molecule has 0 aliphatic carbocycles. The molecule has 2 aromatic rings. The molecule has 0 unspecified atom stereocenters. The van der Waals surface area contributed by atoms with Gasteiger partial charge in [-0.3, -0.25) is 0 Å². The van der Waals surface area contributed by atoms with E-state index in [0.29, 0.717) is 10.2 Å². The summed E-state index contributed by atoms with van der Waals surface area (Å²) in [5, 5.41) is 7.65. The number of ether oxygens (including phenoxy) is 1. The van der Waals surface area contributed by atoms with Crippen LogP contribution in [-0.2, 0) is 0 Å². The van der Waals surface area contributed by atoms with Gasteiger partial charge in [-0.1, -0.05) is 21.0 Å². The first-order chi connectivity index (χ1) is 8.04. The molecule has 0 radical (unpaired) electrons. The first-order valence-corrected chi connectivity index (χ1v) is 5.66. The minimum atomic E-state index is -0.397. The molecule has 17 heavy (non-hydrogen) atoms. The largest absolute Gasteiger partial charge is 0.423 e. The molecule has 0 aliphatic heterocycles. The number of nitrogens with zero attached hydrogens (tertiary/aromatic N) is 3. The van der Waals surface area contributed by atoms with Crippen LogP contribution >= 0.6 is 15.9 Å². The van der Waals surface area contributed by atoms with E-state index >= 15 is 0 Å². The zero-order chi connectivity index (χ0) is 12.4. The predicted octanol–water partition coefficient (Wildman–Crippen LogP) is 3.18. The van der Waals surface area contributed by atoms with Crippen LogP contribution < -0.4 is 4.74 Å². The Morgan fingerprint density at radius 2 is 1.88 bits per heavy atom. The molecule has 0 N–H and O–H groups in total. The highest BCUT2D eigenvalue weighted by molar-refractivity contribution is 9.10. The fourth-order valence-corrected chi connectivity index (χ4v) is 1.62. The average molecular weight is 298 g/mol. The third-order valence-corrected chi connectivity index (χ3v) is 2.58. The van der Waals surface area contributed by atoms with Gasteiger partial charge in [0.05, 0.1) is 11.4 Å². The molecule has 1 aromatic carbocycles. The van der Waals surface area contributed by atoms with E-state index in [4.69, 9.17) is 4.74 Å². The fourth-order valence-electron chi connectivity index (χ4n) is 1.17. The zero-order valence-corrected chi connectivity index (χ0v) is 10.8. The van der Waals surface area contributed by atoms with E-state index in [1.54, 1.807) is 19.9 Å². The molecule has 0 aliphatic rings. The lowest BCUT2D eigenvalue weighted by Gasteiger charge is -2.05. The van der Waals surface area contributed by atoms with Crippen LogP contribution in [-0.4, -0.2) is 15.2 Å². The van der Waals surface area contributed by atoms with E-state index in [9.17, 15) is 4.39 Å². The van der Waals surface area contributed by atoms with Crippen LogP contribution in [0.1, 0.15) is 11.4 Å². The molecule has 1 heterocycles. The minimum Gasteiger partial charge on any atom is -0.423 e. The van der Waals surface area contributed by atoms with Crippen molar-refractivity contribution in [2.24, 2.45) is 0 Å². The molecular weight excluding hydrogens is 289 g/mol. The Labute approximate surface area is 106 Å². The van der Waals surface area contributed by atoms with Crippen LogP contribution in [0.3, 0.4) is 0 Å². The molecule has 6 heteroatoms. The van der Waals surface area contributed by atoms with E-state index in [2.05, 4.69) is 31.1 Å². The highest BCUT2D eigenvalue weighted by Crippen LogP contribution is 2.23. The van der Waals surface area contributed by atoms with Gasteiger partial charge in [0.1, 0.15) is 11.6 Å². The van der Waals surface area contributed by atoms with Crippen molar-refractivity contribution in [3.05, 3.63) is 39.9 Å². The zero-order valence-electron chi connectivity index (χ0n) is 9.24. The Balaban J connectivity index is 2.28. The van der Waals surface area contributed by atoms with E-state index < -0.39 is 5.82 Å². The molecule has 0 atom stereocenters. The molecule has 0 fully saturated rings. The van der Waals surface area contributed by atoms with Crippen molar-refractivity contribution < 1.29 is 9.13 Å². The number of hydrogen-bond donors (Lipinski definition) is 0. The summed E-state index contributed by atoms with van der Waals surface area (Å²) >= 11 is 3.18. The van der Waals surface area contributed by atoms with Crippen LogP contribution in [0.4, 0.5) is 4.39 Å². The van der Waals surface area contributed by atoms with Gasteiger partial charge in [0.2, 0.25) is 0 Å². The predicted molar refractivity (Wildman–Crippen MR) is 63.5 cm³/mol. The molecule has 0 spiro atoms. The number of hydrogen-bond acceptors (Lipinski definition) is 4. The van der Waals surface area contributed by atoms with Gasteiger partial charge in [0.15, 0.2) is 0 Å². The molecular formula is C11H9BrFN3O. The minimum absolute atomic E-state index is 0.102. The SMILES string of the molecule is Cc1nnc(Oc2cc(F)cc(Br)c2)nc1C. The topological polar surface area (TPSA) is 47.9 Å². The summed E-state index contributed by atoms with van der Waals surface area (Å²) in [7, 11) is 0. The number of aromatic nitrogens is 3. The monoisotopic (exact) mass is 297 g/mol. The Kier molecular flexibility index (Phi) is 3.33. The summed E-state index contributed by atoms with van der Waals surface area (Å²) in [6.45, 7) is 3.61. The van der Waals surface area contributed by atoms with Gasteiger partial charge in [-0.05, 0) is 26.0 Å². The summed E-state index contributed by atoms with van der Waals surface area (Å²) in [6.07, 6.45) is 0. The second-order valence-corrected chi connectivity index (χ2v) is 4.39. The van der Waals surface area contributed by atoms with Gasteiger partial charge in [-0.15, -0.1) is 5.10 Å². The van der Waals surface area contributed by atoms with Crippen LogP contribution in [0.15, 0.2) is 22.7 Å². The van der Waals surface area contributed by atoms with E-state index in [1.807, 2.05) is 0 Å². The second kappa shape index (κ2) is 4.75. The van der Waals surface area contributed by atoms with Crippen LogP contribution in [0.25, 0.3) is 0 Å². The summed E-state index contributed by atoms with van der Waals surface area (Å²) < 4.78 is 19.0. The quantitative estimate of drug-likeness (QED) is 0.854. The molecule has 88 valence electrons. The Morgan fingerprint density at radius 1 is 1.12 bits per heavy atom. The Bertz CT molecular complexity index is 542. The normalized spacial score (nSPS) is 10.4. The lowest BCUT2D eigenvalue weighted by Crippen LogP contribution is -1.99. The van der Waals surface area contributed by atoms with Gasteiger partial charge < -0.3 is 4.74 Å². The highest BCUT2D eigenvalue weighted by atomic mass is 79.9. The number of benzene rings is 1. The van der Waals surface area contributed by atoms with Crippen molar-refractivity contribution in [2.45, 2.75) is 13.8 Å². The van der Waals surface area contributed by atoms with Gasteiger partial charge in [-0.25, -0.2) is 4.39 Å². The van der Waals surface area contributed by atoms with Gasteiger partial charge in [-0.2, -0.15) is 4.98 Å². The smallest absolute Gasteiger partial charge is 0.341 e. The lowest BCUT2D eigenvalue weighted by atomic mass is 10.3. The van der Waals surface area contributed by atoms with E-state index in [-0.39, 0.29) is 6.01 Å².